The second-order valence-corrected chi connectivity index (χ2v) is 7.04. The van der Waals surface area contributed by atoms with Crippen LogP contribution in [0.3, 0.4) is 0 Å². The highest BCUT2D eigenvalue weighted by Gasteiger charge is 2.14. The normalized spacial score (nSPS) is 10.7. The lowest BCUT2D eigenvalue weighted by molar-refractivity contribution is 0.0992. The number of nitrogens with zero attached hydrogens (tertiary/aromatic N) is 1. The predicted octanol–water partition coefficient (Wildman–Crippen LogP) is 5.43. The summed E-state index contributed by atoms with van der Waals surface area (Å²) in [5.74, 6) is 1.74. The second kappa shape index (κ2) is 8.36. The van der Waals surface area contributed by atoms with Gasteiger partial charge < -0.3 is 19.2 Å². The number of anilines is 1. The molecule has 6 nitrogen and oxygen atoms in total. The number of rotatable bonds is 6. The van der Waals surface area contributed by atoms with Gasteiger partial charge in [0.15, 0.2) is 5.76 Å². The van der Waals surface area contributed by atoms with E-state index in [1.54, 1.807) is 37.6 Å². The smallest absolute Gasteiger partial charge is 0.291 e. The molecule has 0 unspecified atom stereocenters. The largest absolute Gasteiger partial charge is 0.497 e. The van der Waals surface area contributed by atoms with E-state index in [1.807, 2.05) is 36.4 Å². The van der Waals surface area contributed by atoms with Crippen molar-refractivity contribution >= 4 is 38.4 Å². The summed E-state index contributed by atoms with van der Waals surface area (Å²) in [5.41, 5.74) is 1.31. The summed E-state index contributed by atoms with van der Waals surface area (Å²) in [6.45, 7) is 0.198. The van der Waals surface area contributed by atoms with Gasteiger partial charge in [0.25, 0.3) is 5.91 Å². The minimum absolute atomic E-state index is 0.196. The highest BCUT2D eigenvalue weighted by molar-refractivity contribution is 9.10. The molecule has 0 atom stereocenters. The molecule has 2 aromatic carbocycles. The molecule has 146 valence electrons. The number of furan rings is 1. The van der Waals surface area contributed by atoms with Crippen LogP contribution in [0.4, 0.5) is 5.69 Å². The second-order valence-electron chi connectivity index (χ2n) is 6.18. The molecule has 4 aromatic rings. The first kappa shape index (κ1) is 19.0. The lowest BCUT2D eigenvalue weighted by Gasteiger charge is -2.08. The maximum Gasteiger partial charge on any atom is 0.291 e. The lowest BCUT2D eigenvalue weighted by atomic mass is 10.2. The summed E-state index contributed by atoms with van der Waals surface area (Å²) in [7, 11) is 1.60. The van der Waals surface area contributed by atoms with E-state index in [4.69, 9.17) is 13.9 Å². The van der Waals surface area contributed by atoms with E-state index in [0.717, 1.165) is 9.86 Å². The van der Waals surface area contributed by atoms with E-state index in [2.05, 4.69) is 26.2 Å². The summed E-state index contributed by atoms with van der Waals surface area (Å²) in [6.07, 6.45) is 1.69. The molecule has 0 bridgehead atoms. The van der Waals surface area contributed by atoms with E-state index < -0.39 is 0 Å². The van der Waals surface area contributed by atoms with Crippen molar-refractivity contribution in [2.24, 2.45) is 0 Å². The highest BCUT2D eigenvalue weighted by Crippen LogP contribution is 2.29. The first-order chi connectivity index (χ1) is 14.1. The van der Waals surface area contributed by atoms with Crippen LogP contribution in [0.1, 0.15) is 16.3 Å². The Bertz CT molecular complexity index is 1170. The maximum atomic E-state index is 12.6. The Balaban J connectivity index is 1.46. The van der Waals surface area contributed by atoms with Crippen LogP contribution >= 0.6 is 15.9 Å². The number of carbonyl (C=O) groups excluding carboxylic acids is 1. The van der Waals surface area contributed by atoms with Crippen LogP contribution in [-0.2, 0) is 6.61 Å². The number of hydrogen-bond acceptors (Lipinski definition) is 5. The van der Waals surface area contributed by atoms with Crippen molar-refractivity contribution in [2.75, 3.05) is 12.4 Å². The van der Waals surface area contributed by atoms with Crippen LogP contribution in [0.2, 0.25) is 0 Å². The number of halogens is 1. The summed E-state index contributed by atoms with van der Waals surface area (Å²) < 4.78 is 17.4. The quantitative estimate of drug-likeness (QED) is 0.422. The van der Waals surface area contributed by atoms with Crippen molar-refractivity contribution in [3.8, 4) is 11.5 Å². The maximum absolute atomic E-state index is 12.6. The fourth-order valence-electron chi connectivity index (χ4n) is 2.85. The van der Waals surface area contributed by atoms with E-state index >= 15 is 0 Å². The van der Waals surface area contributed by atoms with Gasteiger partial charge in [0, 0.05) is 22.1 Å². The van der Waals surface area contributed by atoms with Gasteiger partial charge in [0.2, 0.25) is 0 Å². The third-order valence-corrected chi connectivity index (χ3v) is 4.96. The minimum Gasteiger partial charge on any atom is -0.497 e. The number of ether oxygens (including phenoxy) is 2. The Morgan fingerprint density at radius 2 is 1.97 bits per heavy atom. The Labute approximate surface area is 175 Å². The zero-order valence-electron chi connectivity index (χ0n) is 15.5. The van der Waals surface area contributed by atoms with Crippen molar-refractivity contribution in [1.82, 2.24) is 4.98 Å². The molecular formula is C22H17BrN2O4. The van der Waals surface area contributed by atoms with Crippen molar-refractivity contribution in [2.45, 2.75) is 6.61 Å². The minimum atomic E-state index is -0.355. The number of fused-ring (bicyclic) bond motifs is 1. The van der Waals surface area contributed by atoms with Crippen LogP contribution in [-0.4, -0.2) is 18.0 Å². The molecule has 0 aliphatic carbocycles. The van der Waals surface area contributed by atoms with Crippen molar-refractivity contribution in [1.29, 1.82) is 0 Å². The average Bonchev–Trinajstić information content (AvgIpc) is 3.24. The summed E-state index contributed by atoms with van der Waals surface area (Å²) >= 11 is 3.50. The monoisotopic (exact) mass is 452 g/mol. The van der Waals surface area contributed by atoms with Gasteiger partial charge in [-0.15, -0.1) is 0 Å². The molecule has 1 N–H and O–H groups in total. The molecule has 0 spiro atoms. The number of benzene rings is 2. The van der Waals surface area contributed by atoms with Crippen LogP contribution < -0.4 is 14.8 Å². The van der Waals surface area contributed by atoms with Gasteiger partial charge in [0.1, 0.15) is 23.9 Å². The molecule has 0 radical (unpaired) electrons. The third kappa shape index (κ3) is 4.25. The molecule has 0 aliphatic heterocycles. The Kier molecular flexibility index (Phi) is 5.48. The molecule has 2 heterocycles. The molecule has 0 aliphatic rings. The zero-order chi connectivity index (χ0) is 20.2. The fourth-order valence-corrected chi connectivity index (χ4v) is 3.30. The van der Waals surface area contributed by atoms with Crippen molar-refractivity contribution in [3.63, 3.8) is 0 Å². The molecule has 0 saturated carbocycles. The number of methoxy groups -OCH3 is 1. The molecule has 0 saturated heterocycles. The van der Waals surface area contributed by atoms with Crippen LogP contribution in [0.15, 0.2) is 75.8 Å². The first-order valence-electron chi connectivity index (χ1n) is 8.84. The van der Waals surface area contributed by atoms with Gasteiger partial charge in [-0.05, 0) is 42.5 Å². The number of pyridine rings is 1. The SMILES string of the molecule is COc1cccc(OCc2ccc(C(=O)Nc3ccc(Br)c4cccnc34)o2)c1. The van der Waals surface area contributed by atoms with E-state index in [9.17, 15) is 4.79 Å². The van der Waals surface area contributed by atoms with Gasteiger partial charge in [-0.2, -0.15) is 0 Å². The summed E-state index contributed by atoms with van der Waals surface area (Å²) in [6, 6.07) is 18.1. The van der Waals surface area contributed by atoms with E-state index in [-0.39, 0.29) is 18.3 Å². The van der Waals surface area contributed by atoms with Gasteiger partial charge in [0.05, 0.1) is 18.3 Å². The number of hydrogen-bond donors (Lipinski definition) is 1. The van der Waals surface area contributed by atoms with E-state index in [0.29, 0.717) is 28.5 Å². The molecule has 4 rings (SSSR count). The Morgan fingerprint density at radius 1 is 1.10 bits per heavy atom. The third-order valence-electron chi connectivity index (χ3n) is 4.27. The number of carbonyl (C=O) groups is 1. The summed E-state index contributed by atoms with van der Waals surface area (Å²) in [5, 5.41) is 3.77. The lowest BCUT2D eigenvalue weighted by Crippen LogP contribution is -2.11. The van der Waals surface area contributed by atoms with Gasteiger partial charge in [-0.1, -0.05) is 28.1 Å². The first-order valence-corrected chi connectivity index (χ1v) is 9.63. The molecule has 2 aromatic heterocycles. The molecular weight excluding hydrogens is 436 g/mol. The van der Waals surface area contributed by atoms with Gasteiger partial charge in [-0.25, -0.2) is 0 Å². The highest BCUT2D eigenvalue weighted by atomic mass is 79.9. The molecule has 29 heavy (non-hydrogen) atoms. The Morgan fingerprint density at radius 3 is 2.83 bits per heavy atom. The number of amides is 1. The van der Waals surface area contributed by atoms with Crippen LogP contribution in [0, 0.1) is 0 Å². The molecule has 7 heteroatoms. The van der Waals surface area contributed by atoms with Gasteiger partial charge >= 0.3 is 0 Å². The number of aromatic nitrogens is 1. The van der Waals surface area contributed by atoms with Crippen molar-refractivity contribution < 1.29 is 18.7 Å². The number of nitrogens with one attached hydrogen (secondary N) is 1. The van der Waals surface area contributed by atoms with E-state index in [1.165, 1.54) is 0 Å². The molecule has 1 amide bonds. The fraction of sp³-hybridized carbons (Fsp3) is 0.0909. The zero-order valence-corrected chi connectivity index (χ0v) is 17.1. The average molecular weight is 453 g/mol. The Hall–Kier alpha value is -3.32. The standard InChI is InChI=1S/C22H17BrN2O4/c1-27-14-4-2-5-15(12-14)28-13-16-7-10-20(29-16)22(26)25-19-9-8-18(23)17-6-3-11-24-21(17)19/h2-12H,13H2,1H3,(H,25,26). The topological polar surface area (TPSA) is 73.6 Å². The predicted molar refractivity (Wildman–Crippen MR) is 113 cm³/mol. The summed E-state index contributed by atoms with van der Waals surface area (Å²) in [4.78, 5) is 17.0. The van der Waals surface area contributed by atoms with Gasteiger partial charge in [-0.3, -0.25) is 9.78 Å². The molecule has 0 fully saturated rings. The van der Waals surface area contributed by atoms with Crippen molar-refractivity contribution in [3.05, 3.63) is 82.9 Å². The van der Waals surface area contributed by atoms with Crippen LogP contribution in [0.25, 0.3) is 10.9 Å². The van der Waals surface area contributed by atoms with Crippen LogP contribution in [0.5, 0.6) is 11.5 Å².